The van der Waals surface area contributed by atoms with Gasteiger partial charge in [-0.05, 0) is 37.1 Å². The highest BCUT2D eigenvalue weighted by molar-refractivity contribution is 7.89. The Balaban J connectivity index is 2.33. The predicted molar refractivity (Wildman–Crippen MR) is 70.7 cm³/mol. The number of hydrogen-bond acceptors (Lipinski definition) is 4. The number of nitrogens with two attached hydrogens (primary N) is 1. The lowest BCUT2D eigenvalue weighted by molar-refractivity contribution is -0.124. The number of rotatable bonds is 3. The van der Waals surface area contributed by atoms with Gasteiger partial charge in [0.25, 0.3) is 5.91 Å². The molecular formula is C11H14ClN3O3S. The van der Waals surface area contributed by atoms with Gasteiger partial charge in [-0.3, -0.25) is 10.2 Å². The second-order valence-electron chi connectivity index (χ2n) is 4.24. The first-order valence-electron chi connectivity index (χ1n) is 5.74. The SMILES string of the molecule is NNC(=O)[C@H]1CCCN1S(=O)(=O)c1ccc(Cl)cc1. The fraction of sp³-hybridized carbons (Fsp3) is 0.364. The highest BCUT2D eigenvalue weighted by Crippen LogP contribution is 2.26. The maximum absolute atomic E-state index is 12.4. The van der Waals surface area contributed by atoms with Crippen molar-refractivity contribution >= 4 is 27.5 Å². The molecule has 1 aliphatic rings. The second-order valence-corrected chi connectivity index (χ2v) is 6.56. The molecule has 1 aromatic carbocycles. The third-order valence-corrected chi connectivity index (χ3v) is 5.24. The number of hydrogen-bond donors (Lipinski definition) is 2. The Morgan fingerprint density at radius 2 is 2.00 bits per heavy atom. The molecule has 1 atom stereocenters. The van der Waals surface area contributed by atoms with E-state index in [1.165, 1.54) is 28.6 Å². The van der Waals surface area contributed by atoms with Crippen LogP contribution in [0.5, 0.6) is 0 Å². The van der Waals surface area contributed by atoms with Crippen molar-refractivity contribution in [1.29, 1.82) is 0 Å². The zero-order chi connectivity index (χ0) is 14.0. The van der Waals surface area contributed by atoms with Crippen molar-refractivity contribution in [3.05, 3.63) is 29.3 Å². The molecule has 1 aromatic rings. The Hall–Kier alpha value is -1.15. The molecule has 0 spiro atoms. The molecule has 1 amide bonds. The smallest absolute Gasteiger partial charge is 0.252 e. The van der Waals surface area contributed by atoms with Gasteiger partial charge in [0.2, 0.25) is 10.0 Å². The number of nitrogens with zero attached hydrogens (tertiary/aromatic N) is 1. The van der Waals surface area contributed by atoms with Crippen molar-refractivity contribution < 1.29 is 13.2 Å². The molecular weight excluding hydrogens is 290 g/mol. The molecule has 0 saturated carbocycles. The van der Waals surface area contributed by atoms with Crippen LogP contribution in [0.15, 0.2) is 29.2 Å². The molecule has 0 aromatic heterocycles. The number of sulfonamides is 1. The zero-order valence-electron chi connectivity index (χ0n) is 10.0. The van der Waals surface area contributed by atoms with Crippen LogP contribution in [0.2, 0.25) is 5.02 Å². The summed E-state index contributed by atoms with van der Waals surface area (Å²) in [4.78, 5) is 11.7. The summed E-state index contributed by atoms with van der Waals surface area (Å²) in [7, 11) is -3.70. The molecule has 0 radical (unpaired) electrons. The van der Waals surface area contributed by atoms with Gasteiger partial charge in [0, 0.05) is 11.6 Å². The van der Waals surface area contributed by atoms with Gasteiger partial charge in [0.05, 0.1) is 4.90 Å². The van der Waals surface area contributed by atoms with Crippen LogP contribution in [-0.4, -0.2) is 31.2 Å². The zero-order valence-corrected chi connectivity index (χ0v) is 11.6. The van der Waals surface area contributed by atoms with Gasteiger partial charge in [0.1, 0.15) is 6.04 Å². The molecule has 1 aliphatic heterocycles. The van der Waals surface area contributed by atoms with Crippen molar-refractivity contribution in [2.45, 2.75) is 23.8 Å². The standard InChI is InChI=1S/C11H14ClN3O3S/c12-8-3-5-9(6-4-8)19(17,18)15-7-1-2-10(15)11(16)14-13/h3-6,10H,1-2,7,13H2,(H,14,16)/t10-/m1/s1. The van der Waals surface area contributed by atoms with E-state index in [1.54, 1.807) is 0 Å². The third-order valence-electron chi connectivity index (χ3n) is 3.07. The first kappa shape index (κ1) is 14.3. The van der Waals surface area contributed by atoms with Crippen LogP contribution < -0.4 is 11.3 Å². The van der Waals surface area contributed by atoms with E-state index in [1.807, 2.05) is 5.43 Å². The maximum atomic E-state index is 12.4. The van der Waals surface area contributed by atoms with E-state index in [9.17, 15) is 13.2 Å². The summed E-state index contributed by atoms with van der Waals surface area (Å²) in [5.41, 5.74) is 2.00. The Kier molecular flexibility index (Phi) is 4.10. The van der Waals surface area contributed by atoms with Crippen molar-refractivity contribution in [2.24, 2.45) is 5.84 Å². The Morgan fingerprint density at radius 1 is 1.37 bits per heavy atom. The Morgan fingerprint density at radius 3 is 2.58 bits per heavy atom. The first-order valence-corrected chi connectivity index (χ1v) is 7.56. The Bertz CT molecular complexity index is 573. The summed E-state index contributed by atoms with van der Waals surface area (Å²) >= 11 is 5.73. The van der Waals surface area contributed by atoms with Crippen molar-refractivity contribution in [1.82, 2.24) is 9.73 Å². The molecule has 1 saturated heterocycles. The normalized spacial score (nSPS) is 20.4. The summed E-state index contributed by atoms with van der Waals surface area (Å²) in [6, 6.07) is 5.11. The van der Waals surface area contributed by atoms with Crippen LogP contribution >= 0.6 is 11.6 Å². The van der Waals surface area contributed by atoms with E-state index >= 15 is 0 Å². The van der Waals surface area contributed by atoms with Crippen LogP contribution in [0.1, 0.15) is 12.8 Å². The molecule has 0 aliphatic carbocycles. The summed E-state index contributed by atoms with van der Waals surface area (Å²) in [6.07, 6.45) is 1.10. The number of benzene rings is 1. The van der Waals surface area contributed by atoms with Crippen LogP contribution in [0.3, 0.4) is 0 Å². The second kappa shape index (κ2) is 5.46. The number of nitrogens with one attached hydrogen (secondary N) is 1. The number of carbonyl (C=O) groups is 1. The average molecular weight is 304 g/mol. The van der Waals surface area contributed by atoms with Crippen LogP contribution in [0, 0.1) is 0 Å². The van der Waals surface area contributed by atoms with E-state index in [4.69, 9.17) is 17.4 Å². The molecule has 1 fully saturated rings. The van der Waals surface area contributed by atoms with Crippen LogP contribution in [0.25, 0.3) is 0 Å². The minimum absolute atomic E-state index is 0.119. The molecule has 2 rings (SSSR count). The van der Waals surface area contributed by atoms with Gasteiger partial charge in [-0.2, -0.15) is 4.31 Å². The lowest BCUT2D eigenvalue weighted by Crippen LogP contribution is -2.47. The highest BCUT2D eigenvalue weighted by atomic mass is 35.5. The minimum atomic E-state index is -3.70. The van der Waals surface area contributed by atoms with Crippen LogP contribution in [0.4, 0.5) is 0 Å². The molecule has 19 heavy (non-hydrogen) atoms. The van der Waals surface area contributed by atoms with E-state index < -0.39 is 22.0 Å². The van der Waals surface area contributed by atoms with Crippen molar-refractivity contribution in [3.63, 3.8) is 0 Å². The lowest BCUT2D eigenvalue weighted by atomic mass is 10.2. The maximum Gasteiger partial charge on any atom is 0.252 e. The third kappa shape index (κ3) is 2.74. The van der Waals surface area contributed by atoms with Gasteiger partial charge < -0.3 is 0 Å². The summed E-state index contributed by atoms with van der Waals surface area (Å²) in [6.45, 7) is 0.309. The van der Waals surface area contributed by atoms with Crippen molar-refractivity contribution in [2.75, 3.05) is 6.54 Å². The van der Waals surface area contributed by atoms with Crippen LogP contribution in [-0.2, 0) is 14.8 Å². The molecule has 6 nitrogen and oxygen atoms in total. The van der Waals surface area contributed by atoms with Gasteiger partial charge in [-0.1, -0.05) is 11.6 Å². The molecule has 3 N–H and O–H groups in total. The number of halogens is 1. The number of hydrazine groups is 1. The highest BCUT2D eigenvalue weighted by Gasteiger charge is 2.39. The van der Waals surface area contributed by atoms with Gasteiger partial charge in [-0.25, -0.2) is 14.3 Å². The Labute approximate surface area is 116 Å². The molecule has 0 bridgehead atoms. The molecule has 0 unspecified atom stereocenters. The summed E-state index contributed by atoms with van der Waals surface area (Å²) < 4.78 is 26.1. The fourth-order valence-corrected chi connectivity index (χ4v) is 3.91. The lowest BCUT2D eigenvalue weighted by Gasteiger charge is -2.22. The largest absolute Gasteiger partial charge is 0.293 e. The van der Waals surface area contributed by atoms with E-state index in [0.29, 0.717) is 24.4 Å². The van der Waals surface area contributed by atoms with Gasteiger partial charge in [0.15, 0.2) is 0 Å². The van der Waals surface area contributed by atoms with Gasteiger partial charge in [-0.15, -0.1) is 0 Å². The van der Waals surface area contributed by atoms with E-state index in [2.05, 4.69) is 0 Å². The minimum Gasteiger partial charge on any atom is -0.293 e. The number of amides is 1. The van der Waals surface area contributed by atoms with E-state index in [-0.39, 0.29) is 4.90 Å². The van der Waals surface area contributed by atoms with Crippen molar-refractivity contribution in [3.8, 4) is 0 Å². The van der Waals surface area contributed by atoms with Gasteiger partial charge >= 0.3 is 0 Å². The molecule has 8 heteroatoms. The predicted octanol–water partition coefficient (Wildman–Crippen LogP) is 0.483. The monoisotopic (exact) mass is 303 g/mol. The molecule has 1 heterocycles. The number of carbonyl (C=O) groups excluding carboxylic acids is 1. The topological polar surface area (TPSA) is 92.5 Å². The molecule has 104 valence electrons. The fourth-order valence-electron chi connectivity index (χ4n) is 2.13. The van der Waals surface area contributed by atoms with E-state index in [0.717, 1.165) is 0 Å². The summed E-state index contributed by atoms with van der Waals surface area (Å²) in [5, 5.41) is 0.455. The average Bonchev–Trinajstić information content (AvgIpc) is 2.88. The first-order chi connectivity index (χ1) is 8.96. The quantitative estimate of drug-likeness (QED) is 0.483. The summed E-state index contributed by atoms with van der Waals surface area (Å²) in [5.74, 6) is 4.59.